The van der Waals surface area contributed by atoms with Crippen LogP contribution in [0.5, 0.6) is 0 Å². The Hall–Kier alpha value is -1.35. The fourth-order valence-corrected chi connectivity index (χ4v) is 2.62. The molecule has 112 valence electrons. The van der Waals surface area contributed by atoms with Crippen molar-refractivity contribution in [2.75, 3.05) is 13.1 Å². The standard InChI is InChI=1S/C17H28N2O/c1-12(2)19(13(3)4)8-7-18-17(20)16-10-14(5)9-15(6)11-16/h9-13H,7-8H2,1-6H3,(H,18,20). The van der Waals surface area contributed by atoms with Crippen LogP contribution in [0.2, 0.25) is 0 Å². The summed E-state index contributed by atoms with van der Waals surface area (Å²) in [5.41, 5.74) is 3.01. The minimum Gasteiger partial charge on any atom is -0.351 e. The Labute approximate surface area is 123 Å². The third-order valence-electron chi connectivity index (χ3n) is 3.47. The van der Waals surface area contributed by atoms with E-state index in [-0.39, 0.29) is 5.91 Å². The second-order valence-electron chi connectivity index (χ2n) is 6.06. The molecule has 1 rings (SSSR count). The number of carbonyl (C=O) groups excluding carboxylic acids is 1. The molecule has 0 saturated heterocycles. The first-order chi connectivity index (χ1) is 9.31. The smallest absolute Gasteiger partial charge is 0.251 e. The molecule has 1 aromatic carbocycles. The number of amides is 1. The Morgan fingerprint density at radius 3 is 2.00 bits per heavy atom. The lowest BCUT2D eigenvalue weighted by Gasteiger charge is -2.30. The van der Waals surface area contributed by atoms with E-state index in [1.807, 2.05) is 26.0 Å². The van der Waals surface area contributed by atoms with E-state index in [1.165, 1.54) is 0 Å². The molecule has 0 spiro atoms. The van der Waals surface area contributed by atoms with E-state index in [2.05, 4.69) is 44.0 Å². The zero-order valence-electron chi connectivity index (χ0n) is 13.7. The van der Waals surface area contributed by atoms with Gasteiger partial charge in [0.25, 0.3) is 5.91 Å². The molecule has 0 radical (unpaired) electrons. The average molecular weight is 276 g/mol. The van der Waals surface area contributed by atoms with Gasteiger partial charge in [-0.2, -0.15) is 0 Å². The van der Waals surface area contributed by atoms with Crippen molar-refractivity contribution in [2.45, 2.75) is 53.6 Å². The van der Waals surface area contributed by atoms with Crippen molar-refractivity contribution in [3.63, 3.8) is 0 Å². The summed E-state index contributed by atoms with van der Waals surface area (Å²) in [6, 6.07) is 6.94. The van der Waals surface area contributed by atoms with Gasteiger partial charge in [0.05, 0.1) is 0 Å². The molecule has 0 fully saturated rings. The third-order valence-corrected chi connectivity index (χ3v) is 3.47. The quantitative estimate of drug-likeness (QED) is 0.865. The molecule has 1 amide bonds. The predicted octanol–water partition coefficient (Wildman–Crippen LogP) is 3.15. The number of nitrogens with one attached hydrogen (secondary N) is 1. The summed E-state index contributed by atoms with van der Waals surface area (Å²) < 4.78 is 0. The number of aryl methyl sites for hydroxylation is 2. The first kappa shape index (κ1) is 16.7. The van der Waals surface area contributed by atoms with E-state index in [9.17, 15) is 4.79 Å². The topological polar surface area (TPSA) is 32.3 Å². The lowest BCUT2D eigenvalue weighted by atomic mass is 10.1. The van der Waals surface area contributed by atoms with Gasteiger partial charge in [-0.05, 0) is 53.7 Å². The molecule has 0 bridgehead atoms. The minimum atomic E-state index is 0.0178. The maximum atomic E-state index is 12.1. The largest absolute Gasteiger partial charge is 0.351 e. The molecule has 0 unspecified atom stereocenters. The highest BCUT2D eigenvalue weighted by Crippen LogP contribution is 2.09. The van der Waals surface area contributed by atoms with Gasteiger partial charge in [-0.25, -0.2) is 0 Å². The van der Waals surface area contributed by atoms with E-state index in [0.717, 1.165) is 23.2 Å². The lowest BCUT2D eigenvalue weighted by molar-refractivity contribution is 0.0939. The number of rotatable bonds is 6. The molecular weight excluding hydrogens is 248 g/mol. The first-order valence-corrected chi connectivity index (χ1v) is 7.43. The Kier molecular flexibility index (Phi) is 6.21. The Morgan fingerprint density at radius 2 is 1.55 bits per heavy atom. The highest BCUT2D eigenvalue weighted by Gasteiger charge is 2.13. The average Bonchev–Trinajstić information content (AvgIpc) is 2.32. The number of benzene rings is 1. The minimum absolute atomic E-state index is 0.0178. The van der Waals surface area contributed by atoms with Crippen molar-refractivity contribution in [2.24, 2.45) is 0 Å². The van der Waals surface area contributed by atoms with Crippen LogP contribution in [-0.2, 0) is 0 Å². The van der Waals surface area contributed by atoms with Crippen LogP contribution in [0.3, 0.4) is 0 Å². The zero-order chi connectivity index (χ0) is 15.3. The Balaban J connectivity index is 2.55. The van der Waals surface area contributed by atoms with Gasteiger partial charge in [-0.3, -0.25) is 9.69 Å². The molecule has 0 aromatic heterocycles. The highest BCUT2D eigenvalue weighted by atomic mass is 16.1. The van der Waals surface area contributed by atoms with Crippen molar-refractivity contribution in [1.29, 1.82) is 0 Å². The molecule has 0 heterocycles. The number of hydrogen-bond acceptors (Lipinski definition) is 2. The summed E-state index contributed by atoms with van der Waals surface area (Å²) in [7, 11) is 0. The summed E-state index contributed by atoms with van der Waals surface area (Å²) in [6.07, 6.45) is 0. The lowest BCUT2D eigenvalue weighted by Crippen LogP contribution is -2.42. The van der Waals surface area contributed by atoms with Gasteiger partial charge in [-0.1, -0.05) is 17.2 Å². The summed E-state index contributed by atoms with van der Waals surface area (Å²) >= 11 is 0. The van der Waals surface area contributed by atoms with Crippen LogP contribution in [0, 0.1) is 13.8 Å². The van der Waals surface area contributed by atoms with Gasteiger partial charge in [0.15, 0.2) is 0 Å². The second kappa shape index (κ2) is 7.44. The Bertz CT molecular complexity index is 424. The molecule has 3 heteroatoms. The molecule has 0 aliphatic rings. The predicted molar refractivity (Wildman–Crippen MR) is 85.2 cm³/mol. The van der Waals surface area contributed by atoms with E-state index in [0.29, 0.717) is 18.6 Å². The fourth-order valence-electron chi connectivity index (χ4n) is 2.62. The second-order valence-corrected chi connectivity index (χ2v) is 6.06. The van der Waals surface area contributed by atoms with Crippen molar-refractivity contribution in [3.8, 4) is 0 Å². The van der Waals surface area contributed by atoms with Crippen LogP contribution in [0.4, 0.5) is 0 Å². The van der Waals surface area contributed by atoms with Crippen LogP contribution in [-0.4, -0.2) is 36.0 Å². The van der Waals surface area contributed by atoms with Crippen molar-refractivity contribution in [3.05, 3.63) is 34.9 Å². The molecule has 1 N–H and O–H groups in total. The maximum absolute atomic E-state index is 12.1. The van der Waals surface area contributed by atoms with Crippen LogP contribution in [0.25, 0.3) is 0 Å². The van der Waals surface area contributed by atoms with Gasteiger partial charge < -0.3 is 5.32 Å². The normalized spacial score (nSPS) is 11.4. The SMILES string of the molecule is Cc1cc(C)cc(C(=O)NCCN(C(C)C)C(C)C)c1. The van der Waals surface area contributed by atoms with Crippen LogP contribution < -0.4 is 5.32 Å². The molecular formula is C17H28N2O. The third kappa shape index (κ3) is 4.97. The van der Waals surface area contributed by atoms with Gasteiger partial charge in [-0.15, -0.1) is 0 Å². The van der Waals surface area contributed by atoms with E-state index in [4.69, 9.17) is 0 Å². The van der Waals surface area contributed by atoms with Crippen molar-refractivity contribution >= 4 is 5.91 Å². The number of hydrogen-bond donors (Lipinski definition) is 1. The van der Waals surface area contributed by atoms with Crippen LogP contribution in [0.1, 0.15) is 49.2 Å². The molecule has 0 aliphatic heterocycles. The number of nitrogens with zero attached hydrogens (tertiary/aromatic N) is 1. The molecule has 0 atom stereocenters. The van der Waals surface area contributed by atoms with Gasteiger partial charge in [0.1, 0.15) is 0 Å². The summed E-state index contributed by atoms with van der Waals surface area (Å²) in [5.74, 6) is 0.0178. The zero-order valence-corrected chi connectivity index (χ0v) is 13.7. The molecule has 20 heavy (non-hydrogen) atoms. The van der Waals surface area contributed by atoms with Gasteiger partial charge in [0.2, 0.25) is 0 Å². The van der Waals surface area contributed by atoms with Gasteiger partial charge >= 0.3 is 0 Å². The first-order valence-electron chi connectivity index (χ1n) is 7.43. The van der Waals surface area contributed by atoms with E-state index >= 15 is 0 Å². The van der Waals surface area contributed by atoms with E-state index < -0.39 is 0 Å². The van der Waals surface area contributed by atoms with Crippen molar-refractivity contribution < 1.29 is 4.79 Å². The van der Waals surface area contributed by atoms with Gasteiger partial charge in [0, 0.05) is 30.7 Å². The summed E-state index contributed by atoms with van der Waals surface area (Å²) in [5, 5.41) is 3.01. The molecule has 0 saturated carbocycles. The molecule has 3 nitrogen and oxygen atoms in total. The Morgan fingerprint density at radius 1 is 1.05 bits per heavy atom. The highest BCUT2D eigenvalue weighted by molar-refractivity contribution is 5.94. The van der Waals surface area contributed by atoms with Crippen LogP contribution >= 0.6 is 0 Å². The summed E-state index contributed by atoms with van der Waals surface area (Å²) in [4.78, 5) is 14.5. The molecule has 1 aromatic rings. The maximum Gasteiger partial charge on any atom is 0.251 e. The fraction of sp³-hybridized carbons (Fsp3) is 0.588. The molecule has 0 aliphatic carbocycles. The van der Waals surface area contributed by atoms with Crippen LogP contribution in [0.15, 0.2) is 18.2 Å². The van der Waals surface area contributed by atoms with Crippen molar-refractivity contribution in [1.82, 2.24) is 10.2 Å². The number of carbonyl (C=O) groups is 1. The monoisotopic (exact) mass is 276 g/mol. The van der Waals surface area contributed by atoms with E-state index in [1.54, 1.807) is 0 Å². The summed E-state index contributed by atoms with van der Waals surface area (Å²) in [6.45, 7) is 14.3.